The summed E-state index contributed by atoms with van der Waals surface area (Å²) >= 11 is 1.19. The first-order valence-electron chi connectivity index (χ1n) is 9.52. The van der Waals surface area contributed by atoms with Gasteiger partial charge in [-0.1, -0.05) is 23.9 Å². The van der Waals surface area contributed by atoms with E-state index in [1.54, 1.807) is 7.11 Å². The van der Waals surface area contributed by atoms with Crippen molar-refractivity contribution in [3.05, 3.63) is 59.2 Å². The summed E-state index contributed by atoms with van der Waals surface area (Å²) in [6, 6.07) is 13.4. The van der Waals surface area contributed by atoms with Crippen LogP contribution in [0.5, 0.6) is 5.75 Å². The number of hydrogen-bond acceptors (Lipinski definition) is 8. The second-order valence-corrected chi connectivity index (χ2v) is 7.81. The number of nitrogens with one attached hydrogen (secondary N) is 2. The molecule has 0 saturated carbocycles. The maximum absolute atomic E-state index is 12.3. The highest BCUT2D eigenvalue weighted by Crippen LogP contribution is 2.20. The molecule has 1 aromatic heterocycles. The number of benzene rings is 2. The summed E-state index contributed by atoms with van der Waals surface area (Å²) in [6.07, 6.45) is 0. The molecule has 3 aromatic rings. The summed E-state index contributed by atoms with van der Waals surface area (Å²) in [5, 5.41) is 15.6. The quantitative estimate of drug-likeness (QED) is 0.213. The van der Waals surface area contributed by atoms with Crippen LogP contribution in [-0.2, 0) is 4.79 Å². The molecule has 0 unspecified atom stereocenters. The zero-order valence-electron chi connectivity index (χ0n) is 17.8. The van der Waals surface area contributed by atoms with Crippen LogP contribution in [0, 0.1) is 13.8 Å². The second-order valence-electron chi connectivity index (χ2n) is 6.87. The van der Waals surface area contributed by atoms with Gasteiger partial charge in [0, 0.05) is 5.69 Å². The Labute approximate surface area is 185 Å². The van der Waals surface area contributed by atoms with Crippen LogP contribution in [-0.4, -0.2) is 39.4 Å². The predicted molar refractivity (Wildman–Crippen MR) is 124 cm³/mol. The first-order valence-corrected chi connectivity index (χ1v) is 10.5. The molecule has 0 atom stereocenters. The number of amides is 1. The van der Waals surface area contributed by atoms with E-state index in [4.69, 9.17) is 10.6 Å². The second kappa shape index (κ2) is 9.98. The van der Waals surface area contributed by atoms with Gasteiger partial charge in [-0.3, -0.25) is 4.79 Å². The van der Waals surface area contributed by atoms with Gasteiger partial charge in [-0.05, 0) is 67.8 Å². The number of aryl methyl sites for hydroxylation is 2. The van der Waals surface area contributed by atoms with Crippen molar-refractivity contribution >= 4 is 35.0 Å². The highest BCUT2D eigenvalue weighted by Gasteiger charge is 2.13. The minimum absolute atomic E-state index is 0.149. The minimum atomic E-state index is -0.149. The van der Waals surface area contributed by atoms with E-state index in [1.165, 1.54) is 16.4 Å². The number of nitrogens with two attached hydrogens (primary N) is 1. The van der Waals surface area contributed by atoms with Crippen molar-refractivity contribution in [3.63, 3.8) is 0 Å². The number of rotatable bonds is 8. The number of anilines is 2. The standard InChI is InChI=1S/C21H25N7O2S/c1-13-5-6-14(2)18(11-13)23-19(29)12-31-21-27-26-20(28(21)22)25-24-15(3)16-7-9-17(30-4)10-8-16/h5-11H,12,22H2,1-4H3,(H,23,29)(H,25,26)/b24-15+. The number of hydrazone groups is 1. The highest BCUT2D eigenvalue weighted by molar-refractivity contribution is 7.99. The Kier molecular flexibility index (Phi) is 7.14. The molecule has 1 heterocycles. The van der Waals surface area contributed by atoms with Gasteiger partial charge in [0.1, 0.15) is 5.75 Å². The normalized spacial score (nSPS) is 11.3. The predicted octanol–water partition coefficient (Wildman–Crippen LogP) is 3.18. The van der Waals surface area contributed by atoms with Crippen LogP contribution in [0.4, 0.5) is 11.6 Å². The van der Waals surface area contributed by atoms with Crippen LogP contribution in [0.2, 0.25) is 0 Å². The Morgan fingerprint density at radius 2 is 1.94 bits per heavy atom. The fraction of sp³-hybridized carbons (Fsp3) is 0.238. The first kappa shape index (κ1) is 22.2. The Morgan fingerprint density at radius 1 is 1.19 bits per heavy atom. The van der Waals surface area contributed by atoms with E-state index in [2.05, 4.69) is 26.0 Å². The van der Waals surface area contributed by atoms with Gasteiger partial charge in [0.05, 0.1) is 18.6 Å². The number of carbonyl (C=O) groups excluding carboxylic acids is 1. The van der Waals surface area contributed by atoms with Gasteiger partial charge in [0.25, 0.3) is 5.95 Å². The molecule has 0 aliphatic heterocycles. The summed E-state index contributed by atoms with van der Waals surface area (Å²) in [6.45, 7) is 5.79. The Morgan fingerprint density at radius 3 is 2.65 bits per heavy atom. The zero-order chi connectivity index (χ0) is 22.4. The van der Waals surface area contributed by atoms with Crippen molar-refractivity contribution in [2.75, 3.05) is 29.4 Å². The number of ether oxygens (including phenoxy) is 1. The lowest BCUT2D eigenvalue weighted by Gasteiger charge is -2.09. The molecule has 9 nitrogen and oxygen atoms in total. The van der Waals surface area contributed by atoms with Crippen molar-refractivity contribution in [1.82, 2.24) is 14.9 Å². The number of hydrogen-bond donors (Lipinski definition) is 3. The Bertz CT molecular complexity index is 1090. The number of nitrogen functional groups attached to an aromatic ring is 1. The molecule has 0 saturated heterocycles. The molecule has 10 heteroatoms. The van der Waals surface area contributed by atoms with Crippen molar-refractivity contribution < 1.29 is 9.53 Å². The first-order chi connectivity index (χ1) is 14.9. The topological polar surface area (TPSA) is 119 Å². The largest absolute Gasteiger partial charge is 0.497 e. The third-order valence-electron chi connectivity index (χ3n) is 4.50. The van der Waals surface area contributed by atoms with E-state index in [0.29, 0.717) is 5.16 Å². The molecular weight excluding hydrogens is 414 g/mol. The molecule has 2 aromatic carbocycles. The molecule has 0 spiro atoms. The molecule has 4 N–H and O–H groups in total. The number of thioether (sulfide) groups is 1. The average Bonchev–Trinajstić information content (AvgIpc) is 3.12. The number of aromatic nitrogens is 3. The van der Waals surface area contributed by atoms with Gasteiger partial charge in [-0.15, -0.1) is 10.2 Å². The van der Waals surface area contributed by atoms with Crippen LogP contribution in [0.1, 0.15) is 23.6 Å². The Balaban J connectivity index is 1.58. The fourth-order valence-electron chi connectivity index (χ4n) is 2.67. The van der Waals surface area contributed by atoms with E-state index >= 15 is 0 Å². The van der Waals surface area contributed by atoms with Gasteiger partial charge >= 0.3 is 0 Å². The van der Waals surface area contributed by atoms with Gasteiger partial charge < -0.3 is 15.9 Å². The van der Waals surface area contributed by atoms with Crippen molar-refractivity contribution in [2.45, 2.75) is 25.9 Å². The molecule has 1 amide bonds. The smallest absolute Gasteiger partial charge is 0.264 e. The lowest BCUT2D eigenvalue weighted by molar-refractivity contribution is -0.113. The van der Waals surface area contributed by atoms with Crippen molar-refractivity contribution in [2.24, 2.45) is 5.10 Å². The van der Waals surface area contributed by atoms with Gasteiger partial charge in [-0.25, -0.2) is 10.1 Å². The van der Waals surface area contributed by atoms with E-state index in [9.17, 15) is 4.79 Å². The van der Waals surface area contributed by atoms with E-state index in [0.717, 1.165) is 33.8 Å². The summed E-state index contributed by atoms with van der Waals surface area (Å²) in [4.78, 5) is 12.3. The van der Waals surface area contributed by atoms with Crippen LogP contribution >= 0.6 is 11.8 Å². The van der Waals surface area contributed by atoms with Crippen LogP contribution < -0.4 is 21.3 Å². The third-order valence-corrected chi connectivity index (χ3v) is 5.44. The number of carbonyl (C=O) groups is 1. The third kappa shape index (κ3) is 5.76. The van der Waals surface area contributed by atoms with E-state index < -0.39 is 0 Å². The number of methoxy groups -OCH3 is 1. The molecule has 0 aliphatic rings. The summed E-state index contributed by atoms with van der Waals surface area (Å²) < 4.78 is 6.42. The molecule has 0 bridgehead atoms. The van der Waals surface area contributed by atoms with Gasteiger partial charge in [-0.2, -0.15) is 5.10 Å². The molecule has 3 rings (SSSR count). The molecule has 0 fully saturated rings. The lowest BCUT2D eigenvalue weighted by atomic mass is 10.1. The van der Waals surface area contributed by atoms with Crippen LogP contribution in [0.15, 0.2) is 52.7 Å². The summed E-state index contributed by atoms with van der Waals surface area (Å²) in [7, 11) is 1.62. The Hall–Kier alpha value is -3.53. The van der Waals surface area contributed by atoms with Crippen LogP contribution in [0.3, 0.4) is 0 Å². The summed E-state index contributed by atoms with van der Waals surface area (Å²) in [5.41, 5.74) is 7.36. The minimum Gasteiger partial charge on any atom is -0.497 e. The zero-order valence-corrected chi connectivity index (χ0v) is 18.7. The monoisotopic (exact) mass is 439 g/mol. The average molecular weight is 440 g/mol. The molecular formula is C21H25N7O2S. The number of nitrogens with zero attached hydrogens (tertiary/aromatic N) is 4. The molecule has 0 radical (unpaired) electrons. The van der Waals surface area contributed by atoms with Crippen molar-refractivity contribution in [3.8, 4) is 5.75 Å². The van der Waals surface area contributed by atoms with Crippen LogP contribution in [0.25, 0.3) is 0 Å². The van der Waals surface area contributed by atoms with Crippen molar-refractivity contribution in [1.29, 1.82) is 0 Å². The van der Waals surface area contributed by atoms with Gasteiger partial charge in [0.2, 0.25) is 11.1 Å². The molecule has 162 valence electrons. The summed E-state index contributed by atoms with van der Waals surface area (Å²) in [5.74, 6) is 7.08. The maximum atomic E-state index is 12.3. The maximum Gasteiger partial charge on any atom is 0.264 e. The molecule has 31 heavy (non-hydrogen) atoms. The van der Waals surface area contributed by atoms with E-state index in [-0.39, 0.29) is 17.6 Å². The molecule has 0 aliphatic carbocycles. The highest BCUT2D eigenvalue weighted by atomic mass is 32.2. The van der Waals surface area contributed by atoms with Gasteiger partial charge in [0.15, 0.2) is 0 Å². The lowest BCUT2D eigenvalue weighted by Crippen LogP contribution is -2.17. The SMILES string of the molecule is COc1ccc(/C(C)=N/Nc2nnc(SCC(=O)Nc3cc(C)ccc3C)n2N)cc1. The fourth-order valence-corrected chi connectivity index (χ4v) is 3.33. The van der Waals surface area contributed by atoms with E-state index in [1.807, 2.05) is 63.2 Å².